The highest BCUT2D eigenvalue weighted by atomic mass is 32.2. The number of methoxy groups -OCH3 is 1. The first-order valence-corrected chi connectivity index (χ1v) is 10.1. The summed E-state index contributed by atoms with van der Waals surface area (Å²) in [6, 6.07) is 6.81. The molecule has 0 saturated carbocycles. The van der Waals surface area contributed by atoms with Crippen molar-refractivity contribution < 1.29 is 21.6 Å². The van der Waals surface area contributed by atoms with Gasteiger partial charge in [0.1, 0.15) is 5.75 Å². The molecule has 1 aliphatic rings. The van der Waals surface area contributed by atoms with Crippen molar-refractivity contribution in [3.63, 3.8) is 0 Å². The van der Waals surface area contributed by atoms with Crippen molar-refractivity contribution in [3.05, 3.63) is 24.3 Å². The van der Waals surface area contributed by atoms with Gasteiger partial charge in [0.25, 0.3) is 0 Å². The Hall–Kier alpha value is -1.28. The fourth-order valence-corrected chi connectivity index (χ4v) is 6.17. The number of rotatable bonds is 6. The maximum atomic E-state index is 12.5. The van der Waals surface area contributed by atoms with Gasteiger partial charge in [0.05, 0.1) is 30.1 Å². The molecule has 0 aromatic heterocycles. The van der Waals surface area contributed by atoms with E-state index in [9.17, 15) is 16.8 Å². The van der Waals surface area contributed by atoms with E-state index in [1.54, 1.807) is 31.2 Å². The molecule has 1 saturated heterocycles. The quantitative estimate of drug-likeness (QED) is 0.772. The smallest absolute Gasteiger partial charge is 0.235 e. The van der Waals surface area contributed by atoms with Crippen molar-refractivity contribution in [2.45, 2.75) is 6.92 Å². The molecular weight excluding hydrogens is 314 g/mol. The van der Waals surface area contributed by atoms with Gasteiger partial charge in [-0.2, -0.15) is 0 Å². The van der Waals surface area contributed by atoms with E-state index in [2.05, 4.69) is 0 Å². The van der Waals surface area contributed by atoms with Gasteiger partial charge in [-0.25, -0.2) is 16.8 Å². The van der Waals surface area contributed by atoms with Crippen LogP contribution in [0.4, 0.5) is 5.69 Å². The van der Waals surface area contributed by atoms with E-state index in [0.29, 0.717) is 11.4 Å². The molecule has 0 amide bonds. The van der Waals surface area contributed by atoms with Crippen LogP contribution in [0.25, 0.3) is 0 Å². The number of sulfonamides is 1. The third-order valence-electron chi connectivity index (χ3n) is 3.39. The van der Waals surface area contributed by atoms with E-state index in [0.717, 1.165) is 0 Å². The summed E-state index contributed by atoms with van der Waals surface area (Å²) in [6.45, 7) is 2.03. The molecule has 0 spiro atoms. The fourth-order valence-electron chi connectivity index (χ4n) is 2.46. The van der Waals surface area contributed by atoms with Gasteiger partial charge in [-0.3, -0.25) is 4.31 Å². The van der Waals surface area contributed by atoms with E-state index in [1.165, 1.54) is 11.4 Å². The first kappa shape index (κ1) is 16.1. The Kier molecular flexibility index (Phi) is 4.48. The second-order valence-electron chi connectivity index (χ2n) is 5.09. The van der Waals surface area contributed by atoms with E-state index in [1.807, 2.05) is 0 Å². The molecule has 1 aromatic rings. The first-order chi connectivity index (χ1) is 9.77. The van der Waals surface area contributed by atoms with E-state index in [-0.39, 0.29) is 29.7 Å². The standard InChI is InChI=1S/C13H19NO5S2/c1-3-14(12-5-4-6-13(7-12)19-2)21(17,18)10-11-8-20(15,16)9-11/h4-7,11H,3,8-10H2,1-2H3. The van der Waals surface area contributed by atoms with Gasteiger partial charge in [-0.05, 0) is 19.1 Å². The number of benzene rings is 1. The van der Waals surface area contributed by atoms with E-state index < -0.39 is 19.9 Å². The second kappa shape index (κ2) is 5.84. The zero-order chi connectivity index (χ0) is 15.7. The van der Waals surface area contributed by atoms with Gasteiger partial charge in [-0.15, -0.1) is 0 Å². The number of anilines is 1. The van der Waals surface area contributed by atoms with Gasteiger partial charge < -0.3 is 4.74 Å². The summed E-state index contributed by atoms with van der Waals surface area (Å²) in [5.74, 6) is 0.0492. The Morgan fingerprint density at radius 2 is 2.00 bits per heavy atom. The SMILES string of the molecule is CCN(c1cccc(OC)c1)S(=O)(=O)CC1CS(=O)(=O)C1. The molecule has 8 heteroatoms. The fraction of sp³-hybridized carbons (Fsp3) is 0.538. The summed E-state index contributed by atoms with van der Waals surface area (Å²) >= 11 is 0. The zero-order valence-electron chi connectivity index (χ0n) is 12.0. The molecule has 0 bridgehead atoms. The lowest BCUT2D eigenvalue weighted by atomic mass is 10.2. The monoisotopic (exact) mass is 333 g/mol. The van der Waals surface area contributed by atoms with Gasteiger partial charge >= 0.3 is 0 Å². The van der Waals surface area contributed by atoms with Gasteiger partial charge in [0.2, 0.25) is 10.0 Å². The van der Waals surface area contributed by atoms with Crippen LogP contribution in [-0.2, 0) is 19.9 Å². The number of nitrogens with zero attached hydrogens (tertiary/aromatic N) is 1. The molecule has 1 heterocycles. The highest BCUT2D eigenvalue weighted by Gasteiger charge is 2.38. The normalized spacial score (nSPS) is 18.0. The van der Waals surface area contributed by atoms with Gasteiger partial charge in [0.15, 0.2) is 9.84 Å². The Labute approximate surface area is 125 Å². The van der Waals surface area contributed by atoms with Crippen molar-refractivity contribution >= 4 is 25.5 Å². The number of ether oxygens (including phenoxy) is 1. The molecule has 0 atom stereocenters. The summed E-state index contributed by atoms with van der Waals surface area (Å²) in [5, 5.41) is 0. The van der Waals surface area contributed by atoms with Crippen LogP contribution in [-0.4, -0.2) is 47.7 Å². The molecule has 0 radical (unpaired) electrons. The molecular formula is C13H19NO5S2. The molecule has 0 unspecified atom stereocenters. The second-order valence-corrected chi connectivity index (χ2v) is 9.18. The summed E-state index contributed by atoms with van der Waals surface area (Å²) < 4.78 is 53.6. The largest absolute Gasteiger partial charge is 0.497 e. The molecule has 1 aliphatic heterocycles. The van der Waals surface area contributed by atoms with Crippen LogP contribution in [0.1, 0.15) is 6.92 Å². The predicted molar refractivity (Wildman–Crippen MR) is 81.9 cm³/mol. The van der Waals surface area contributed by atoms with Crippen molar-refractivity contribution in [1.29, 1.82) is 0 Å². The van der Waals surface area contributed by atoms with Crippen LogP contribution < -0.4 is 9.04 Å². The predicted octanol–water partition coefficient (Wildman–Crippen LogP) is 0.896. The Morgan fingerprint density at radius 3 is 2.52 bits per heavy atom. The van der Waals surface area contributed by atoms with Crippen LogP contribution in [0.2, 0.25) is 0 Å². The third-order valence-corrected chi connectivity index (χ3v) is 7.38. The lowest BCUT2D eigenvalue weighted by Crippen LogP contribution is -2.44. The summed E-state index contributed by atoms with van der Waals surface area (Å²) in [4.78, 5) is 0. The minimum Gasteiger partial charge on any atom is -0.497 e. The lowest BCUT2D eigenvalue weighted by molar-refractivity contribution is 0.415. The average Bonchev–Trinajstić information content (AvgIpc) is 2.36. The van der Waals surface area contributed by atoms with Crippen LogP contribution in [0, 0.1) is 5.92 Å². The maximum Gasteiger partial charge on any atom is 0.235 e. The minimum atomic E-state index is -3.55. The molecule has 0 N–H and O–H groups in total. The first-order valence-electron chi connectivity index (χ1n) is 6.62. The zero-order valence-corrected chi connectivity index (χ0v) is 13.7. The number of hydrogen-bond acceptors (Lipinski definition) is 5. The van der Waals surface area contributed by atoms with Crippen molar-refractivity contribution in [3.8, 4) is 5.75 Å². The van der Waals surface area contributed by atoms with E-state index in [4.69, 9.17) is 4.74 Å². The van der Waals surface area contributed by atoms with E-state index >= 15 is 0 Å². The van der Waals surface area contributed by atoms with Crippen LogP contribution in [0.15, 0.2) is 24.3 Å². The highest BCUT2D eigenvalue weighted by molar-refractivity contribution is 7.94. The Morgan fingerprint density at radius 1 is 1.33 bits per heavy atom. The third kappa shape index (κ3) is 3.68. The molecule has 2 rings (SSSR count). The maximum absolute atomic E-state index is 12.5. The number of sulfone groups is 1. The minimum absolute atomic E-state index is 0.0398. The summed E-state index contributed by atoms with van der Waals surface area (Å²) in [5.41, 5.74) is 0.527. The van der Waals surface area contributed by atoms with Crippen LogP contribution >= 0.6 is 0 Å². The lowest BCUT2D eigenvalue weighted by Gasteiger charge is -2.29. The molecule has 6 nitrogen and oxygen atoms in total. The summed E-state index contributed by atoms with van der Waals surface area (Å²) in [6.07, 6.45) is 0. The number of hydrogen-bond donors (Lipinski definition) is 0. The van der Waals surface area contributed by atoms with Crippen molar-refractivity contribution in [2.24, 2.45) is 5.92 Å². The topological polar surface area (TPSA) is 80.8 Å². The molecule has 0 aliphatic carbocycles. The van der Waals surface area contributed by atoms with Crippen LogP contribution in [0.3, 0.4) is 0 Å². The average molecular weight is 333 g/mol. The molecule has 21 heavy (non-hydrogen) atoms. The molecule has 1 aromatic carbocycles. The van der Waals surface area contributed by atoms with Gasteiger partial charge in [-0.1, -0.05) is 6.07 Å². The molecule has 1 fully saturated rings. The van der Waals surface area contributed by atoms with Gasteiger partial charge in [0, 0.05) is 18.5 Å². The highest BCUT2D eigenvalue weighted by Crippen LogP contribution is 2.26. The van der Waals surface area contributed by atoms with Crippen molar-refractivity contribution in [2.75, 3.05) is 35.2 Å². The Balaban J connectivity index is 2.19. The van der Waals surface area contributed by atoms with Crippen molar-refractivity contribution in [1.82, 2.24) is 0 Å². The Bertz CT molecular complexity index is 700. The van der Waals surface area contributed by atoms with Crippen LogP contribution in [0.5, 0.6) is 5.75 Å². The summed E-state index contributed by atoms with van der Waals surface area (Å²) in [7, 11) is -5.04. The molecule has 118 valence electrons.